The molecular weight excluding hydrogens is 422 g/mol. The lowest BCUT2D eigenvalue weighted by Crippen LogP contribution is -2.38. The van der Waals surface area contributed by atoms with Crippen molar-refractivity contribution in [1.29, 1.82) is 0 Å². The lowest BCUT2D eigenvalue weighted by molar-refractivity contribution is -0.121. The molecule has 0 saturated heterocycles. The fraction of sp³-hybridized carbons (Fsp3) is 0.231. The van der Waals surface area contributed by atoms with Gasteiger partial charge >= 0.3 is 0 Å². The number of amides is 1. The average Bonchev–Trinajstić information content (AvgIpc) is 3.48. The van der Waals surface area contributed by atoms with Crippen molar-refractivity contribution in [3.63, 3.8) is 0 Å². The number of benzene rings is 2. The SMILES string of the molecule is COc1ccc(-c2cn3ccccc3n2)cc1NC(=O)C1(c2ccc(Cl)cc2)CCCC1. The molecule has 4 aromatic rings. The maximum absolute atomic E-state index is 13.7. The van der Waals surface area contributed by atoms with Crippen LogP contribution in [-0.4, -0.2) is 22.4 Å². The number of halogens is 1. The molecule has 1 N–H and O–H groups in total. The zero-order chi connectivity index (χ0) is 22.1. The third-order valence-corrected chi connectivity index (χ3v) is 6.65. The third-order valence-electron chi connectivity index (χ3n) is 6.40. The zero-order valence-corrected chi connectivity index (χ0v) is 18.6. The first-order valence-electron chi connectivity index (χ1n) is 10.8. The van der Waals surface area contributed by atoms with Gasteiger partial charge < -0.3 is 14.5 Å². The molecule has 2 aromatic carbocycles. The fourth-order valence-corrected chi connectivity index (χ4v) is 4.80. The Morgan fingerprint density at radius 3 is 2.59 bits per heavy atom. The van der Waals surface area contributed by atoms with Crippen LogP contribution in [0.1, 0.15) is 31.2 Å². The summed E-state index contributed by atoms with van der Waals surface area (Å²) in [5, 5.41) is 3.84. The second-order valence-corrected chi connectivity index (χ2v) is 8.69. The number of pyridine rings is 1. The molecule has 6 heteroatoms. The minimum Gasteiger partial charge on any atom is -0.495 e. The van der Waals surface area contributed by atoms with Gasteiger partial charge in [0, 0.05) is 23.0 Å². The highest BCUT2D eigenvalue weighted by Crippen LogP contribution is 2.43. The molecule has 162 valence electrons. The second kappa shape index (κ2) is 8.32. The highest BCUT2D eigenvalue weighted by Gasteiger charge is 2.42. The molecule has 1 fully saturated rings. The van der Waals surface area contributed by atoms with Gasteiger partial charge in [-0.15, -0.1) is 0 Å². The van der Waals surface area contributed by atoms with E-state index < -0.39 is 5.41 Å². The fourth-order valence-electron chi connectivity index (χ4n) is 4.68. The Balaban J connectivity index is 1.50. The van der Waals surface area contributed by atoms with Crippen molar-refractivity contribution in [2.45, 2.75) is 31.1 Å². The minimum atomic E-state index is -0.561. The van der Waals surface area contributed by atoms with E-state index in [9.17, 15) is 4.79 Å². The summed E-state index contributed by atoms with van der Waals surface area (Å²) in [6.07, 6.45) is 7.62. The summed E-state index contributed by atoms with van der Waals surface area (Å²) in [5.41, 5.74) is 3.71. The molecule has 2 aromatic heterocycles. The molecule has 0 unspecified atom stereocenters. The Kier molecular flexibility index (Phi) is 5.35. The number of ether oxygens (including phenoxy) is 1. The number of hydrogen-bond donors (Lipinski definition) is 1. The molecule has 1 amide bonds. The Labute approximate surface area is 192 Å². The van der Waals surface area contributed by atoms with Crippen LogP contribution in [0.15, 0.2) is 73.1 Å². The van der Waals surface area contributed by atoms with Crippen LogP contribution in [-0.2, 0) is 10.2 Å². The van der Waals surface area contributed by atoms with Crippen molar-refractivity contribution < 1.29 is 9.53 Å². The summed E-state index contributed by atoms with van der Waals surface area (Å²) in [6.45, 7) is 0. The number of carbonyl (C=O) groups is 1. The van der Waals surface area contributed by atoms with E-state index in [1.54, 1.807) is 7.11 Å². The number of hydrogen-bond acceptors (Lipinski definition) is 3. The van der Waals surface area contributed by atoms with Gasteiger partial charge in [-0.25, -0.2) is 4.98 Å². The predicted molar refractivity (Wildman–Crippen MR) is 127 cm³/mol. The third kappa shape index (κ3) is 3.63. The molecular formula is C26H24ClN3O2. The van der Waals surface area contributed by atoms with Gasteiger partial charge in [-0.1, -0.05) is 42.6 Å². The van der Waals surface area contributed by atoms with Crippen molar-refractivity contribution in [3.05, 3.63) is 83.6 Å². The topological polar surface area (TPSA) is 55.6 Å². The quantitative estimate of drug-likeness (QED) is 0.403. The molecule has 1 aliphatic rings. The number of methoxy groups -OCH3 is 1. The highest BCUT2D eigenvalue weighted by atomic mass is 35.5. The van der Waals surface area contributed by atoms with Gasteiger partial charge in [0.1, 0.15) is 11.4 Å². The maximum Gasteiger partial charge on any atom is 0.235 e. The number of aromatic nitrogens is 2. The average molecular weight is 446 g/mol. The number of carbonyl (C=O) groups excluding carboxylic acids is 1. The van der Waals surface area contributed by atoms with Crippen molar-refractivity contribution >= 4 is 28.8 Å². The van der Waals surface area contributed by atoms with Crippen LogP contribution >= 0.6 is 11.6 Å². The number of rotatable bonds is 5. The number of nitrogens with zero attached hydrogens (tertiary/aromatic N) is 2. The number of anilines is 1. The predicted octanol–water partition coefficient (Wildman–Crippen LogP) is 6.11. The lowest BCUT2D eigenvalue weighted by atomic mass is 9.78. The molecule has 0 aliphatic heterocycles. The summed E-state index contributed by atoms with van der Waals surface area (Å²) >= 11 is 6.09. The van der Waals surface area contributed by atoms with Crippen LogP contribution in [0.2, 0.25) is 5.02 Å². The van der Waals surface area contributed by atoms with Gasteiger partial charge in [-0.3, -0.25) is 4.79 Å². The standard InChI is InChI=1S/C26H24ClN3O2/c1-32-23-12-7-18(22-17-30-15-5-2-6-24(30)28-22)16-21(23)29-25(31)26(13-3-4-14-26)19-8-10-20(27)11-9-19/h2,5-12,15-17H,3-4,13-14H2,1H3,(H,29,31). The molecule has 32 heavy (non-hydrogen) atoms. The Morgan fingerprint density at radius 2 is 1.88 bits per heavy atom. The van der Waals surface area contributed by atoms with Crippen LogP contribution in [0.3, 0.4) is 0 Å². The molecule has 1 aliphatic carbocycles. The smallest absolute Gasteiger partial charge is 0.235 e. The van der Waals surface area contributed by atoms with Crippen molar-refractivity contribution in [3.8, 4) is 17.0 Å². The van der Waals surface area contributed by atoms with Crippen LogP contribution in [0.25, 0.3) is 16.9 Å². The van der Waals surface area contributed by atoms with E-state index in [0.29, 0.717) is 16.5 Å². The molecule has 1 saturated carbocycles. The number of nitrogens with one attached hydrogen (secondary N) is 1. The van der Waals surface area contributed by atoms with Gasteiger partial charge in [0.05, 0.1) is 23.9 Å². The van der Waals surface area contributed by atoms with Gasteiger partial charge in [0.2, 0.25) is 5.91 Å². The number of imidazole rings is 1. The Hall–Kier alpha value is -3.31. The molecule has 0 radical (unpaired) electrons. The normalized spacial score (nSPS) is 15.1. The van der Waals surface area contributed by atoms with Crippen molar-refractivity contribution in [2.24, 2.45) is 0 Å². The van der Waals surface area contributed by atoms with Gasteiger partial charge in [-0.2, -0.15) is 0 Å². The van der Waals surface area contributed by atoms with E-state index in [-0.39, 0.29) is 5.91 Å². The first kappa shape index (κ1) is 20.6. The first-order valence-corrected chi connectivity index (χ1v) is 11.2. The first-order chi connectivity index (χ1) is 15.6. The molecule has 2 heterocycles. The summed E-state index contributed by atoms with van der Waals surface area (Å²) < 4.78 is 7.53. The molecule has 5 nitrogen and oxygen atoms in total. The molecule has 5 rings (SSSR count). The molecule has 0 spiro atoms. The van der Waals surface area contributed by atoms with E-state index >= 15 is 0 Å². The maximum atomic E-state index is 13.7. The van der Waals surface area contributed by atoms with Crippen molar-refractivity contribution in [1.82, 2.24) is 9.38 Å². The lowest BCUT2D eigenvalue weighted by Gasteiger charge is -2.29. The highest BCUT2D eigenvalue weighted by molar-refractivity contribution is 6.30. The largest absolute Gasteiger partial charge is 0.495 e. The van der Waals surface area contributed by atoms with Crippen LogP contribution < -0.4 is 10.1 Å². The van der Waals surface area contributed by atoms with Crippen LogP contribution in [0, 0.1) is 0 Å². The minimum absolute atomic E-state index is 0.0113. The Bertz CT molecular complexity index is 1240. The summed E-state index contributed by atoms with van der Waals surface area (Å²) in [5.74, 6) is 0.609. The second-order valence-electron chi connectivity index (χ2n) is 8.26. The summed E-state index contributed by atoms with van der Waals surface area (Å²) in [6, 6.07) is 19.3. The van der Waals surface area contributed by atoms with E-state index in [4.69, 9.17) is 21.3 Å². The van der Waals surface area contributed by atoms with E-state index in [1.807, 2.05) is 77.5 Å². The summed E-state index contributed by atoms with van der Waals surface area (Å²) in [7, 11) is 1.61. The molecule has 0 atom stereocenters. The van der Waals surface area contributed by atoms with E-state index in [2.05, 4.69) is 5.32 Å². The van der Waals surface area contributed by atoms with Crippen LogP contribution in [0.4, 0.5) is 5.69 Å². The van der Waals surface area contributed by atoms with Gasteiger partial charge in [-0.05, 0) is 60.9 Å². The zero-order valence-electron chi connectivity index (χ0n) is 17.8. The van der Waals surface area contributed by atoms with Crippen LogP contribution in [0.5, 0.6) is 5.75 Å². The Morgan fingerprint density at radius 1 is 1.09 bits per heavy atom. The van der Waals surface area contributed by atoms with Gasteiger partial charge in [0.25, 0.3) is 0 Å². The van der Waals surface area contributed by atoms with E-state index in [0.717, 1.165) is 48.2 Å². The van der Waals surface area contributed by atoms with E-state index in [1.165, 1.54) is 0 Å². The molecule has 0 bridgehead atoms. The van der Waals surface area contributed by atoms with Gasteiger partial charge in [0.15, 0.2) is 0 Å². The summed E-state index contributed by atoms with van der Waals surface area (Å²) in [4.78, 5) is 18.4. The number of fused-ring (bicyclic) bond motifs is 1. The van der Waals surface area contributed by atoms with Crippen molar-refractivity contribution in [2.75, 3.05) is 12.4 Å². The monoisotopic (exact) mass is 445 g/mol.